The summed E-state index contributed by atoms with van der Waals surface area (Å²) >= 11 is 0. The maximum Gasteiger partial charge on any atom is 0.471 e. The molecule has 5 heterocycles. The Balaban J connectivity index is 1.64. The Kier molecular flexibility index (Phi) is 7.17. The summed E-state index contributed by atoms with van der Waals surface area (Å²) in [7, 11) is -2.31. The van der Waals surface area contributed by atoms with Crippen LogP contribution in [-0.2, 0) is 33.8 Å². The minimum atomic E-state index is -5.04. The Morgan fingerprint density at radius 2 is 1.86 bits per heavy atom. The second kappa shape index (κ2) is 10.3. The Morgan fingerprint density at radius 1 is 1.17 bits per heavy atom. The van der Waals surface area contributed by atoms with E-state index in [-0.39, 0.29) is 16.7 Å². The molecule has 0 spiro atoms. The van der Waals surface area contributed by atoms with E-state index in [4.69, 9.17) is 4.52 Å². The van der Waals surface area contributed by atoms with Gasteiger partial charge in [-0.25, -0.2) is 24.3 Å². The second-order valence-electron chi connectivity index (χ2n) is 10.7. The van der Waals surface area contributed by atoms with Crippen LogP contribution < -0.4 is 21.5 Å². The number of phosphoric acid groups is 1. The topological polar surface area (TPSA) is 202 Å². The minimum absolute atomic E-state index is 0.00843. The zero-order valence-corrected chi connectivity index (χ0v) is 24.5. The molecular weight excluding hydrogens is 571 g/mol. The summed E-state index contributed by atoms with van der Waals surface area (Å²) < 4.78 is 19.6. The van der Waals surface area contributed by atoms with Crippen LogP contribution in [0.4, 0.5) is 5.95 Å². The van der Waals surface area contributed by atoms with Crippen LogP contribution in [0, 0.1) is 0 Å². The van der Waals surface area contributed by atoms with Gasteiger partial charge in [-0.15, -0.1) is 0 Å². The lowest BCUT2D eigenvalue weighted by Gasteiger charge is -2.43. The number of carbonyl (C=O) groups is 1. The zero-order valence-electron chi connectivity index (χ0n) is 23.6. The van der Waals surface area contributed by atoms with Crippen LogP contribution >= 0.6 is 7.82 Å². The third-order valence-electron chi connectivity index (χ3n) is 7.53. The largest absolute Gasteiger partial charge is 0.471 e. The molecule has 3 aromatic heterocycles. The zero-order chi connectivity index (χ0) is 30.6. The summed E-state index contributed by atoms with van der Waals surface area (Å²) in [4.78, 5) is 78.5. The average molecular weight is 603 g/mol. The number of nitrogens with zero attached hydrogens (tertiary/aromatic N) is 9. The summed E-state index contributed by atoms with van der Waals surface area (Å²) in [6.07, 6.45) is 9.11. The molecule has 0 aliphatic carbocycles. The first-order valence-corrected chi connectivity index (χ1v) is 14.4. The van der Waals surface area contributed by atoms with Crippen LogP contribution in [0.5, 0.6) is 0 Å². The Morgan fingerprint density at radius 3 is 2.45 bits per heavy atom. The molecule has 0 radical (unpaired) electrons. The highest BCUT2D eigenvalue weighted by Gasteiger charge is 2.44. The summed E-state index contributed by atoms with van der Waals surface area (Å²) in [5.41, 5.74) is -0.740. The lowest BCUT2D eigenvalue weighted by molar-refractivity contribution is -0.141. The second-order valence-corrected chi connectivity index (χ2v) is 11.9. The van der Waals surface area contributed by atoms with Crippen molar-refractivity contribution in [1.29, 1.82) is 0 Å². The van der Waals surface area contributed by atoms with Gasteiger partial charge in [0.2, 0.25) is 17.6 Å². The third-order valence-corrected chi connectivity index (χ3v) is 7.98. The summed E-state index contributed by atoms with van der Waals surface area (Å²) in [5.74, 6) is -2.06. The smallest absolute Gasteiger partial charge is 0.339 e. The van der Waals surface area contributed by atoms with E-state index in [2.05, 4.69) is 44.0 Å². The number of fused-ring (bicyclic) bond motifs is 1. The minimum Gasteiger partial charge on any atom is -0.339 e. The predicted octanol–water partition coefficient (Wildman–Crippen LogP) is -0.199. The number of hydrogen-bond acceptors (Lipinski definition) is 11. The van der Waals surface area contributed by atoms with Gasteiger partial charge in [0.05, 0.1) is 18.1 Å². The number of imidazole rings is 1. The van der Waals surface area contributed by atoms with Crippen LogP contribution in [0.1, 0.15) is 39.2 Å². The molecule has 1 fully saturated rings. The first-order chi connectivity index (χ1) is 19.7. The van der Waals surface area contributed by atoms with Gasteiger partial charge < -0.3 is 20.0 Å². The Hall–Kier alpha value is -4.18. The molecule has 42 heavy (non-hydrogen) atoms. The maximum absolute atomic E-state index is 13.4. The van der Waals surface area contributed by atoms with E-state index in [1.165, 1.54) is 37.4 Å². The monoisotopic (exact) mass is 602 g/mol. The van der Waals surface area contributed by atoms with Gasteiger partial charge in [-0.3, -0.25) is 37.7 Å². The van der Waals surface area contributed by atoms with Gasteiger partial charge in [-0.1, -0.05) is 0 Å². The molecule has 1 atom stereocenters. The van der Waals surface area contributed by atoms with Gasteiger partial charge >= 0.3 is 13.5 Å². The van der Waals surface area contributed by atoms with Crippen LogP contribution in [-0.4, -0.2) is 74.3 Å². The lowest BCUT2D eigenvalue weighted by Crippen LogP contribution is -2.63. The molecule has 3 aromatic rings. The van der Waals surface area contributed by atoms with E-state index in [0.29, 0.717) is 17.2 Å². The number of amides is 1. The number of nitrogens with one attached hydrogen (secondary N) is 1. The molecular formula is C24H31N10O7P. The van der Waals surface area contributed by atoms with Crippen molar-refractivity contribution in [3.05, 3.63) is 51.3 Å². The van der Waals surface area contributed by atoms with Crippen molar-refractivity contribution in [1.82, 2.24) is 38.9 Å². The third kappa shape index (κ3) is 4.93. The first-order valence-electron chi connectivity index (χ1n) is 12.9. The molecule has 17 nitrogen and oxygen atoms in total. The lowest BCUT2D eigenvalue weighted by atomic mass is 10.0. The van der Waals surface area contributed by atoms with Crippen molar-refractivity contribution >= 4 is 42.8 Å². The molecule has 1 amide bonds. The van der Waals surface area contributed by atoms with Crippen molar-refractivity contribution in [2.75, 3.05) is 18.2 Å². The average Bonchev–Trinajstić information content (AvgIpc) is 3.54. The highest BCUT2D eigenvalue weighted by Crippen LogP contribution is 2.38. The highest BCUT2D eigenvalue weighted by molar-refractivity contribution is 7.46. The standard InChI is InChI=1S/C24H31N10O7P/c1-15(35)34(14-41-42(38,39)40)24(33-13-28-19-18(33)20(36)31(5)22(37)30(19)4)12-25-11-17(29-24)16-9-26-21(27-10-16)32-8-6-7-23(32,2)3/h9-13,29H,6-8,14H2,1-5H3,(H2,38,39,40). The number of hydrogen-bond donors (Lipinski definition) is 3. The van der Waals surface area contributed by atoms with Crippen molar-refractivity contribution in [2.45, 2.75) is 44.9 Å². The molecule has 224 valence electrons. The quantitative estimate of drug-likeness (QED) is 0.238. The van der Waals surface area contributed by atoms with Crippen molar-refractivity contribution in [3.63, 3.8) is 0 Å². The molecule has 2 aliphatic heterocycles. The van der Waals surface area contributed by atoms with Gasteiger partial charge in [0.15, 0.2) is 11.2 Å². The first kappa shape index (κ1) is 29.3. The van der Waals surface area contributed by atoms with Gasteiger partial charge in [0.25, 0.3) is 5.56 Å². The van der Waals surface area contributed by atoms with Crippen molar-refractivity contribution < 1.29 is 23.7 Å². The van der Waals surface area contributed by atoms with Crippen LogP contribution in [0.25, 0.3) is 16.9 Å². The number of aryl methyl sites for hydroxylation is 1. The van der Waals surface area contributed by atoms with E-state index >= 15 is 0 Å². The fourth-order valence-corrected chi connectivity index (χ4v) is 5.52. The van der Waals surface area contributed by atoms with E-state index in [1.807, 2.05) is 0 Å². The molecule has 0 aromatic carbocycles. The van der Waals surface area contributed by atoms with E-state index < -0.39 is 37.5 Å². The predicted molar refractivity (Wildman–Crippen MR) is 151 cm³/mol. The molecule has 2 aliphatic rings. The van der Waals surface area contributed by atoms with Crippen molar-refractivity contribution in [3.8, 4) is 0 Å². The number of rotatable bonds is 7. The molecule has 1 saturated heterocycles. The van der Waals surface area contributed by atoms with Gasteiger partial charge in [0, 0.05) is 51.1 Å². The highest BCUT2D eigenvalue weighted by atomic mass is 31.2. The molecule has 0 bridgehead atoms. The number of anilines is 1. The molecule has 18 heteroatoms. The fraction of sp³-hybridized carbons (Fsp3) is 0.458. The number of carbonyl (C=O) groups excluding carboxylic acids is 1. The van der Waals surface area contributed by atoms with E-state index in [9.17, 15) is 28.7 Å². The summed E-state index contributed by atoms with van der Waals surface area (Å²) in [6, 6.07) is 0. The number of aliphatic imine (C=N–C) groups is 1. The molecule has 3 N–H and O–H groups in total. The van der Waals surface area contributed by atoms with Gasteiger partial charge in [0.1, 0.15) is 13.1 Å². The van der Waals surface area contributed by atoms with Crippen LogP contribution in [0.15, 0.2) is 39.5 Å². The Labute approximate surface area is 239 Å². The fourth-order valence-electron chi connectivity index (χ4n) is 5.26. The number of aromatic nitrogens is 6. The van der Waals surface area contributed by atoms with Gasteiger partial charge in [-0.2, -0.15) is 0 Å². The molecule has 1 unspecified atom stereocenters. The van der Waals surface area contributed by atoms with Crippen molar-refractivity contribution in [2.24, 2.45) is 19.1 Å². The van der Waals surface area contributed by atoms with Crippen LogP contribution in [0.2, 0.25) is 0 Å². The maximum atomic E-state index is 13.4. The number of phosphoric ester groups is 1. The van der Waals surface area contributed by atoms with E-state index in [1.54, 1.807) is 12.4 Å². The Bertz CT molecular complexity index is 1790. The molecule has 0 saturated carbocycles. The summed E-state index contributed by atoms with van der Waals surface area (Å²) in [6.45, 7) is 5.31. The van der Waals surface area contributed by atoms with Gasteiger partial charge in [-0.05, 0) is 26.7 Å². The van der Waals surface area contributed by atoms with Crippen LogP contribution in [0.3, 0.4) is 0 Å². The summed E-state index contributed by atoms with van der Waals surface area (Å²) in [5, 5.41) is 3.16. The normalized spacial score (nSPS) is 20.1. The van der Waals surface area contributed by atoms with E-state index in [0.717, 1.165) is 40.3 Å². The SMILES string of the molecule is CC(=O)N(COP(=O)(O)O)C1(n2cnc3c2c(=O)n(C)c(=O)n3C)C=NC=C(c2cnc(N3CCCC3(C)C)nc2)N1. The molecule has 5 rings (SSSR count).